The Morgan fingerprint density at radius 2 is 2.24 bits per heavy atom. The van der Waals surface area contributed by atoms with E-state index >= 15 is 0 Å². The molecule has 6 heteroatoms. The van der Waals surface area contributed by atoms with E-state index < -0.39 is 0 Å². The Balaban J connectivity index is 2.06. The van der Waals surface area contributed by atoms with Gasteiger partial charge in [0.25, 0.3) is 0 Å². The van der Waals surface area contributed by atoms with E-state index in [9.17, 15) is 0 Å². The van der Waals surface area contributed by atoms with Crippen LogP contribution in [0.1, 0.15) is 19.8 Å². The van der Waals surface area contributed by atoms with Crippen LogP contribution in [-0.2, 0) is 4.74 Å². The predicted octanol–water partition coefficient (Wildman–Crippen LogP) is 1.05. The molecule has 1 saturated heterocycles. The van der Waals surface area contributed by atoms with Gasteiger partial charge < -0.3 is 20.5 Å². The van der Waals surface area contributed by atoms with Crippen molar-refractivity contribution in [1.29, 1.82) is 0 Å². The van der Waals surface area contributed by atoms with E-state index in [4.69, 9.17) is 15.2 Å². The van der Waals surface area contributed by atoms with Gasteiger partial charge in [-0.25, -0.2) is 4.98 Å². The zero-order valence-electron chi connectivity index (χ0n) is 9.98. The smallest absolute Gasteiger partial charge is 0.242 e. The molecule has 0 unspecified atom stereocenters. The molecule has 94 valence electrons. The van der Waals surface area contributed by atoms with Crippen LogP contribution >= 0.6 is 0 Å². The van der Waals surface area contributed by atoms with Crippen molar-refractivity contribution in [3.05, 3.63) is 6.33 Å². The van der Waals surface area contributed by atoms with E-state index in [0.29, 0.717) is 30.0 Å². The Kier molecular flexibility index (Phi) is 3.98. The van der Waals surface area contributed by atoms with E-state index in [2.05, 4.69) is 15.3 Å². The second kappa shape index (κ2) is 5.67. The number of ether oxygens (including phenoxy) is 2. The summed E-state index contributed by atoms with van der Waals surface area (Å²) in [6.07, 6.45) is 3.39. The molecule has 17 heavy (non-hydrogen) atoms. The van der Waals surface area contributed by atoms with Crippen LogP contribution in [0.25, 0.3) is 0 Å². The summed E-state index contributed by atoms with van der Waals surface area (Å²) < 4.78 is 10.6. The second-order valence-electron chi connectivity index (χ2n) is 3.91. The van der Waals surface area contributed by atoms with Crippen molar-refractivity contribution >= 4 is 11.5 Å². The lowest BCUT2D eigenvalue weighted by Gasteiger charge is -2.24. The normalized spacial score (nSPS) is 16.8. The van der Waals surface area contributed by atoms with Crippen LogP contribution in [0.2, 0.25) is 0 Å². The van der Waals surface area contributed by atoms with Gasteiger partial charge in [0.2, 0.25) is 5.88 Å². The van der Waals surface area contributed by atoms with E-state index in [-0.39, 0.29) is 0 Å². The summed E-state index contributed by atoms with van der Waals surface area (Å²) in [5, 5.41) is 3.31. The summed E-state index contributed by atoms with van der Waals surface area (Å²) in [6.45, 7) is 3.99. The fraction of sp³-hybridized carbons (Fsp3) is 0.636. The summed E-state index contributed by atoms with van der Waals surface area (Å²) >= 11 is 0. The average molecular weight is 238 g/mol. The molecule has 0 spiro atoms. The Labute approximate surface area is 101 Å². The first-order valence-corrected chi connectivity index (χ1v) is 5.88. The zero-order chi connectivity index (χ0) is 12.1. The molecule has 2 heterocycles. The van der Waals surface area contributed by atoms with Gasteiger partial charge in [-0.1, -0.05) is 0 Å². The molecule has 0 saturated carbocycles. The molecule has 0 radical (unpaired) electrons. The van der Waals surface area contributed by atoms with Gasteiger partial charge in [-0.15, -0.1) is 0 Å². The summed E-state index contributed by atoms with van der Waals surface area (Å²) in [6, 6.07) is 0.357. The largest absolute Gasteiger partial charge is 0.476 e. The Hall–Kier alpha value is -1.56. The maximum atomic E-state index is 5.94. The van der Waals surface area contributed by atoms with Gasteiger partial charge >= 0.3 is 0 Å². The van der Waals surface area contributed by atoms with Gasteiger partial charge in [0.05, 0.1) is 6.61 Å². The number of hydrogen-bond acceptors (Lipinski definition) is 6. The van der Waals surface area contributed by atoms with Crippen molar-refractivity contribution in [2.24, 2.45) is 0 Å². The predicted molar refractivity (Wildman–Crippen MR) is 65.1 cm³/mol. The SMILES string of the molecule is CCOc1ncnc(NC2CCOCC2)c1N. The summed E-state index contributed by atoms with van der Waals surface area (Å²) in [7, 11) is 0. The number of rotatable bonds is 4. The first kappa shape index (κ1) is 11.9. The zero-order valence-corrected chi connectivity index (χ0v) is 9.98. The van der Waals surface area contributed by atoms with Crippen LogP contribution in [0.4, 0.5) is 11.5 Å². The molecule has 1 aromatic rings. The van der Waals surface area contributed by atoms with Crippen molar-refractivity contribution in [3.63, 3.8) is 0 Å². The van der Waals surface area contributed by atoms with E-state index in [1.54, 1.807) is 0 Å². The van der Waals surface area contributed by atoms with Gasteiger partial charge in [0.1, 0.15) is 12.0 Å². The third kappa shape index (κ3) is 2.97. The molecule has 1 fully saturated rings. The highest BCUT2D eigenvalue weighted by Crippen LogP contribution is 2.26. The minimum absolute atomic E-state index is 0.357. The number of nitrogens with zero attached hydrogens (tertiary/aromatic N) is 2. The molecule has 1 aliphatic rings. The third-order valence-corrected chi connectivity index (χ3v) is 2.69. The quantitative estimate of drug-likeness (QED) is 0.815. The fourth-order valence-electron chi connectivity index (χ4n) is 1.78. The Bertz CT molecular complexity index is 366. The number of nitrogens with two attached hydrogens (primary N) is 1. The van der Waals surface area contributed by atoms with Gasteiger partial charge in [-0.05, 0) is 19.8 Å². The Morgan fingerprint density at radius 1 is 1.47 bits per heavy atom. The minimum atomic E-state index is 0.357. The van der Waals surface area contributed by atoms with Gasteiger partial charge in [0.15, 0.2) is 5.82 Å². The van der Waals surface area contributed by atoms with Crippen LogP contribution in [-0.4, -0.2) is 35.8 Å². The number of aromatic nitrogens is 2. The molecule has 3 N–H and O–H groups in total. The average Bonchev–Trinajstić information content (AvgIpc) is 2.36. The summed E-state index contributed by atoms with van der Waals surface area (Å²) in [5.41, 5.74) is 6.42. The van der Waals surface area contributed by atoms with Gasteiger partial charge in [-0.2, -0.15) is 4.98 Å². The number of nitrogens with one attached hydrogen (secondary N) is 1. The van der Waals surface area contributed by atoms with Gasteiger partial charge in [0, 0.05) is 19.3 Å². The molecule has 0 amide bonds. The van der Waals surface area contributed by atoms with Crippen LogP contribution in [0.15, 0.2) is 6.33 Å². The van der Waals surface area contributed by atoms with Crippen molar-refractivity contribution in [1.82, 2.24) is 9.97 Å². The topological polar surface area (TPSA) is 82.3 Å². The maximum Gasteiger partial charge on any atom is 0.242 e. The molecule has 0 atom stereocenters. The highest BCUT2D eigenvalue weighted by atomic mass is 16.5. The number of hydrogen-bond donors (Lipinski definition) is 2. The fourth-order valence-corrected chi connectivity index (χ4v) is 1.78. The lowest BCUT2D eigenvalue weighted by atomic mass is 10.1. The van der Waals surface area contributed by atoms with Crippen LogP contribution in [0.3, 0.4) is 0 Å². The molecular weight excluding hydrogens is 220 g/mol. The molecule has 1 aromatic heterocycles. The lowest BCUT2D eigenvalue weighted by molar-refractivity contribution is 0.0904. The molecule has 0 aliphatic carbocycles. The van der Waals surface area contributed by atoms with Gasteiger partial charge in [-0.3, -0.25) is 0 Å². The van der Waals surface area contributed by atoms with E-state index in [1.807, 2.05) is 6.92 Å². The molecule has 0 aromatic carbocycles. The first-order chi connectivity index (χ1) is 8.31. The molecule has 2 rings (SSSR count). The number of nitrogen functional groups attached to an aromatic ring is 1. The summed E-state index contributed by atoms with van der Waals surface area (Å²) in [4.78, 5) is 8.15. The summed E-state index contributed by atoms with van der Waals surface area (Å²) in [5.74, 6) is 1.09. The second-order valence-corrected chi connectivity index (χ2v) is 3.91. The highest BCUT2D eigenvalue weighted by Gasteiger charge is 2.16. The maximum absolute atomic E-state index is 5.94. The molecule has 6 nitrogen and oxygen atoms in total. The number of anilines is 2. The van der Waals surface area contributed by atoms with Crippen molar-refractivity contribution in [3.8, 4) is 5.88 Å². The van der Waals surface area contributed by atoms with Crippen LogP contribution in [0, 0.1) is 0 Å². The first-order valence-electron chi connectivity index (χ1n) is 5.88. The van der Waals surface area contributed by atoms with Crippen LogP contribution < -0.4 is 15.8 Å². The molecular formula is C11H18N4O2. The Morgan fingerprint density at radius 3 is 2.94 bits per heavy atom. The third-order valence-electron chi connectivity index (χ3n) is 2.69. The van der Waals surface area contributed by atoms with Crippen molar-refractivity contribution in [2.75, 3.05) is 30.9 Å². The van der Waals surface area contributed by atoms with Crippen molar-refractivity contribution < 1.29 is 9.47 Å². The minimum Gasteiger partial charge on any atom is -0.476 e. The highest BCUT2D eigenvalue weighted by molar-refractivity contribution is 5.66. The van der Waals surface area contributed by atoms with E-state index in [0.717, 1.165) is 26.1 Å². The monoisotopic (exact) mass is 238 g/mol. The van der Waals surface area contributed by atoms with E-state index in [1.165, 1.54) is 6.33 Å². The molecule has 0 bridgehead atoms. The van der Waals surface area contributed by atoms with Crippen molar-refractivity contribution in [2.45, 2.75) is 25.8 Å². The molecule has 1 aliphatic heterocycles. The standard InChI is InChI=1S/C11H18N4O2/c1-2-17-11-9(12)10(13-7-14-11)15-8-3-5-16-6-4-8/h7-8H,2-6,12H2,1H3,(H,13,14,15). The lowest BCUT2D eigenvalue weighted by Crippen LogP contribution is -2.28. The van der Waals surface area contributed by atoms with Crippen LogP contribution in [0.5, 0.6) is 5.88 Å².